The molecule has 1 saturated heterocycles. The predicted octanol–water partition coefficient (Wildman–Crippen LogP) is -0.0940. The number of hydrogen-bond donors (Lipinski definition) is 1. The fraction of sp³-hybridized carbons (Fsp3) is 0.750. The summed E-state index contributed by atoms with van der Waals surface area (Å²) in [7, 11) is 0. The van der Waals surface area contributed by atoms with Crippen molar-refractivity contribution >= 4 is 17.7 Å². The minimum Gasteiger partial charge on any atom is -0.321 e. The van der Waals surface area contributed by atoms with Gasteiger partial charge in [0.2, 0.25) is 17.7 Å². The third-order valence-electron chi connectivity index (χ3n) is 4.30. The van der Waals surface area contributed by atoms with E-state index in [4.69, 9.17) is 0 Å². The zero-order chi connectivity index (χ0) is 12.2. The maximum absolute atomic E-state index is 12.3. The number of amides is 3. The average molecular weight is 236 g/mol. The Bertz CT molecular complexity index is 397. The van der Waals surface area contributed by atoms with Crippen LogP contribution in [0.1, 0.15) is 26.2 Å². The van der Waals surface area contributed by atoms with Gasteiger partial charge in [-0.2, -0.15) is 0 Å². The maximum Gasteiger partial charge on any atom is 0.249 e. The zero-order valence-corrected chi connectivity index (χ0v) is 9.81. The minimum absolute atomic E-state index is 0.00657. The van der Waals surface area contributed by atoms with Crippen molar-refractivity contribution < 1.29 is 14.4 Å². The van der Waals surface area contributed by atoms with E-state index in [1.807, 2.05) is 0 Å². The molecule has 5 heteroatoms. The Morgan fingerprint density at radius 3 is 2.53 bits per heavy atom. The van der Waals surface area contributed by atoms with Crippen molar-refractivity contribution in [3.63, 3.8) is 0 Å². The van der Waals surface area contributed by atoms with Crippen LogP contribution in [0.2, 0.25) is 0 Å². The van der Waals surface area contributed by atoms with Gasteiger partial charge in [-0.15, -0.1) is 0 Å². The number of hydrogen-bond acceptors (Lipinski definition) is 3. The Morgan fingerprint density at radius 1 is 1.24 bits per heavy atom. The van der Waals surface area contributed by atoms with Gasteiger partial charge < -0.3 is 4.90 Å². The lowest BCUT2D eigenvalue weighted by atomic mass is 10.00. The summed E-state index contributed by atoms with van der Waals surface area (Å²) in [6.45, 7) is 1.70. The Hall–Kier alpha value is -1.39. The molecule has 3 atom stereocenters. The molecule has 3 aliphatic rings. The summed E-state index contributed by atoms with van der Waals surface area (Å²) in [5, 5.41) is 2.25. The molecule has 2 aliphatic carbocycles. The summed E-state index contributed by atoms with van der Waals surface area (Å²) in [5.41, 5.74) is 0. The van der Waals surface area contributed by atoms with Crippen LogP contribution < -0.4 is 5.32 Å². The normalized spacial score (nSPS) is 39.9. The van der Waals surface area contributed by atoms with Gasteiger partial charge >= 0.3 is 0 Å². The molecule has 0 aromatic carbocycles. The Balaban J connectivity index is 1.71. The molecule has 0 bridgehead atoms. The summed E-state index contributed by atoms with van der Waals surface area (Å²) in [5.74, 6) is 0.761. The first-order valence-corrected chi connectivity index (χ1v) is 6.20. The van der Waals surface area contributed by atoms with Gasteiger partial charge in [-0.3, -0.25) is 19.7 Å². The van der Waals surface area contributed by atoms with Gasteiger partial charge in [0.25, 0.3) is 0 Å². The monoisotopic (exact) mass is 236 g/mol. The van der Waals surface area contributed by atoms with E-state index in [9.17, 15) is 14.4 Å². The largest absolute Gasteiger partial charge is 0.321 e. The molecule has 1 aliphatic heterocycles. The second-order valence-electron chi connectivity index (χ2n) is 5.48. The van der Waals surface area contributed by atoms with Crippen molar-refractivity contribution in [1.29, 1.82) is 0 Å². The number of nitrogens with one attached hydrogen (secondary N) is 1. The standard InChI is InChI=1S/C12H16N2O3/c1-6-11(16)13-10(15)5-14(6)12(17)9-3-7-2-8(7)4-9/h6-9H,2-5H2,1H3,(H,13,15,16). The highest BCUT2D eigenvalue weighted by Gasteiger charge is 2.50. The summed E-state index contributed by atoms with van der Waals surface area (Å²) in [6.07, 6.45) is 3.16. The Labute approximate surface area is 99.5 Å². The van der Waals surface area contributed by atoms with Crippen molar-refractivity contribution in [1.82, 2.24) is 10.2 Å². The van der Waals surface area contributed by atoms with Crippen molar-refractivity contribution in [3.05, 3.63) is 0 Å². The molecule has 0 aromatic heterocycles. The van der Waals surface area contributed by atoms with E-state index in [0.29, 0.717) is 0 Å². The number of rotatable bonds is 1. The van der Waals surface area contributed by atoms with Crippen LogP contribution in [0.25, 0.3) is 0 Å². The van der Waals surface area contributed by atoms with Gasteiger partial charge in [-0.25, -0.2) is 0 Å². The summed E-state index contributed by atoms with van der Waals surface area (Å²) >= 11 is 0. The molecular formula is C12H16N2O3. The van der Waals surface area contributed by atoms with E-state index >= 15 is 0 Å². The number of carbonyl (C=O) groups excluding carboxylic acids is 3. The van der Waals surface area contributed by atoms with Gasteiger partial charge in [0.05, 0.1) is 0 Å². The van der Waals surface area contributed by atoms with E-state index in [2.05, 4.69) is 5.32 Å². The van der Waals surface area contributed by atoms with E-state index in [1.54, 1.807) is 6.92 Å². The highest BCUT2D eigenvalue weighted by atomic mass is 16.2. The van der Waals surface area contributed by atoms with Crippen LogP contribution in [-0.2, 0) is 14.4 Å². The average Bonchev–Trinajstić information content (AvgIpc) is 2.90. The quantitative estimate of drug-likeness (QED) is 0.647. The lowest BCUT2D eigenvalue weighted by molar-refractivity contribution is -0.151. The van der Waals surface area contributed by atoms with Gasteiger partial charge in [-0.1, -0.05) is 0 Å². The second-order valence-corrected chi connectivity index (χ2v) is 5.48. The van der Waals surface area contributed by atoms with Crippen molar-refractivity contribution in [2.24, 2.45) is 17.8 Å². The highest BCUT2D eigenvalue weighted by molar-refractivity contribution is 6.04. The molecule has 92 valence electrons. The van der Waals surface area contributed by atoms with E-state index in [1.165, 1.54) is 11.3 Å². The van der Waals surface area contributed by atoms with Crippen LogP contribution in [0, 0.1) is 17.8 Å². The van der Waals surface area contributed by atoms with Crippen molar-refractivity contribution in [2.75, 3.05) is 6.54 Å². The molecule has 2 saturated carbocycles. The summed E-state index contributed by atoms with van der Waals surface area (Å²) in [6, 6.07) is -0.517. The summed E-state index contributed by atoms with van der Waals surface area (Å²) in [4.78, 5) is 36.5. The summed E-state index contributed by atoms with van der Waals surface area (Å²) < 4.78 is 0. The fourth-order valence-electron chi connectivity index (χ4n) is 3.13. The lowest BCUT2D eigenvalue weighted by Gasteiger charge is -2.33. The first-order valence-electron chi connectivity index (χ1n) is 6.20. The molecule has 0 radical (unpaired) electrons. The van der Waals surface area contributed by atoms with Crippen LogP contribution >= 0.6 is 0 Å². The van der Waals surface area contributed by atoms with Gasteiger partial charge in [-0.05, 0) is 38.0 Å². The first kappa shape index (κ1) is 10.7. The Morgan fingerprint density at radius 2 is 1.88 bits per heavy atom. The zero-order valence-electron chi connectivity index (χ0n) is 9.81. The molecule has 3 fully saturated rings. The first-order chi connectivity index (χ1) is 8.06. The van der Waals surface area contributed by atoms with Crippen molar-refractivity contribution in [3.8, 4) is 0 Å². The number of imide groups is 1. The number of piperazine rings is 1. The molecule has 17 heavy (non-hydrogen) atoms. The molecule has 0 spiro atoms. The van der Waals surface area contributed by atoms with Crippen LogP contribution in [0.4, 0.5) is 0 Å². The topological polar surface area (TPSA) is 66.5 Å². The molecule has 3 unspecified atom stereocenters. The van der Waals surface area contributed by atoms with Crippen LogP contribution in [-0.4, -0.2) is 35.2 Å². The lowest BCUT2D eigenvalue weighted by Crippen LogP contribution is -2.59. The second kappa shape index (κ2) is 3.55. The van der Waals surface area contributed by atoms with E-state index < -0.39 is 6.04 Å². The third-order valence-corrected chi connectivity index (χ3v) is 4.30. The number of carbonyl (C=O) groups is 3. The highest BCUT2D eigenvalue weighted by Crippen LogP contribution is 2.54. The molecule has 1 heterocycles. The van der Waals surface area contributed by atoms with E-state index in [0.717, 1.165) is 24.7 Å². The minimum atomic E-state index is -0.517. The molecule has 3 rings (SSSR count). The molecule has 1 N–H and O–H groups in total. The van der Waals surface area contributed by atoms with Gasteiger partial charge in [0, 0.05) is 5.92 Å². The van der Waals surface area contributed by atoms with Gasteiger partial charge in [0.1, 0.15) is 12.6 Å². The molecular weight excluding hydrogens is 220 g/mol. The number of nitrogens with zero attached hydrogens (tertiary/aromatic N) is 1. The van der Waals surface area contributed by atoms with Gasteiger partial charge in [0.15, 0.2) is 0 Å². The molecule has 5 nitrogen and oxygen atoms in total. The van der Waals surface area contributed by atoms with Crippen LogP contribution in [0.15, 0.2) is 0 Å². The van der Waals surface area contributed by atoms with Crippen LogP contribution in [0.3, 0.4) is 0 Å². The molecule has 3 amide bonds. The predicted molar refractivity (Wildman–Crippen MR) is 58.6 cm³/mol. The Kier molecular flexibility index (Phi) is 2.24. The number of fused-ring (bicyclic) bond motifs is 1. The van der Waals surface area contributed by atoms with Crippen LogP contribution in [0.5, 0.6) is 0 Å². The smallest absolute Gasteiger partial charge is 0.249 e. The van der Waals surface area contributed by atoms with Crippen molar-refractivity contribution in [2.45, 2.75) is 32.2 Å². The SMILES string of the molecule is CC1C(=O)NC(=O)CN1C(=O)C1CC2CC2C1. The molecule has 0 aromatic rings. The van der Waals surface area contributed by atoms with E-state index in [-0.39, 0.29) is 30.2 Å². The maximum atomic E-state index is 12.3. The fourth-order valence-corrected chi connectivity index (χ4v) is 3.13. The third kappa shape index (κ3) is 1.73.